The van der Waals surface area contributed by atoms with Gasteiger partial charge in [0.2, 0.25) is 0 Å². The topological polar surface area (TPSA) is 86.2 Å². The predicted molar refractivity (Wildman–Crippen MR) is 87.7 cm³/mol. The van der Waals surface area contributed by atoms with Crippen LogP contribution in [0.5, 0.6) is 0 Å². The normalized spacial score (nSPS) is 11.4. The highest BCUT2D eigenvalue weighted by atomic mass is 32.1. The van der Waals surface area contributed by atoms with Crippen LogP contribution in [0.15, 0.2) is 30.6 Å². The number of rotatable bonds is 2. The third-order valence-electron chi connectivity index (χ3n) is 3.84. The summed E-state index contributed by atoms with van der Waals surface area (Å²) in [6.07, 6.45) is 1.65. The fraction of sp³-hybridized carbons (Fsp3) is 0.133. The maximum Gasteiger partial charge on any atom is 0.269 e. The van der Waals surface area contributed by atoms with Crippen molar-refractivity contribution in [3.8, 4) is 11.4 Å². The Hall–Kier alpha value is -2.87. The van der Waals surface area contributed by atoms with Crippen molar-refractivity contribution >= 4 is 32.9 Å². The molecular formula is C15H11N5O2S. The van der Waals surface area contributed by atoms with Gasteiger partial charge in [-0.2, -0.15) is 0 Å². The number of nitrogens with zero attached hydrogens (tertiary/aromatic N) is 5. The second kappa shape index (κ2) is 4.82. The van der Waals surface area contributed by atoms with Crippen LogP contribution in [0.3, 0.4) is 0 Å². The van der Waals surface area contributed by atoms with E-state index in [9.17, 15) is 10.1 Å². The van der Waals surface area contributed by atoms with Gasteiger partial charge in [0.25, 0.3) is 5.69 Å². The lowest BCUT2D eigenvalue weighted by Crippen LogP contribution is -1.90. The van der Waals surface area contributed by atoms with E-state index < -0.39 is 4.92 Å². The van der Waals surface area contributed by atoms with Crippen molar-refractivity contribution in [3.05, 3.63) is 51.1 Å². The molecular weight excluding hydrogens is 314 g/mol. The van der Waals surface area contributed by atoms with E-state index in [0.717, 1.165) is 27.0 Å². The maximum absolute atomic E-state index is 10.7. The van der Waals surface area contributed by atoms with Crippen LogP contribution in [0.1, 0.15) is 10.4 Å². The van der Waals surface area contributed by atoms with E-state index in [2.05, 4.69) is 28.9 Å². The summed E-state index contributed by atoms with van der Waals surface area (Å²) in [5.41, 5.74) is 2.69. The summed E-state index contributed by atoms with van der Waals surface area (Å²) in [7, 11) is 0. The van der Waals surface area contributed by atoms with Crippen LogP contribution < -0.4 is 0 Å². The molecule has 3 heterocycles. The molecule has 1 aromatic carbocycles. The molecule has 0 amide bonds. The highest BCUT2D eigenvalue weighted by Crippen LogP contribution is 2.31. The Labute approximate surface area is 134 Å². The van der Waals surface area contributed by atoms with Gasteiger partial charge in [-0.05, 0) is 31.5 Å². The molecule has 4 rings (SSSR count). The molecule has 7 nitrogen and oxygen atoms in total. The Bertz CT molecular complexity index is 1070. The Balaban J connectivity index is 1.91. The summed E-state index contributed by atoms with van der Waals surface area (Å²) in [5.74, 6) is 0.525. The predicted octanol–water partition coefficient (Wildman–Crippen LogP) is 3.53. The average molecular weight is 325 g/mol. The van der Waals surface area contributed by atoms with Crippen LogP contribution in [-0.4, -0.2) is 24.5 Å². The first-order valence-corrected chi connectivity index (χ1v) is 7.72. The first-order valence-electron chi connectivity index (χ1n) is 6.90. The van der Waals surface area contributed by atoms with E-state index >= 15 is 0 Å². The van der Waals surface area contributed by atoms with E-state index in [1.165, 1.54) is 17.0 Å². The molecule has 0 saturated carbocycles. The minimum absolute atomic E-state index is 0.0471. The number of benzene rings is 1. The van der Waals surface area contributed by atoms with E-state index in [4.69, 9.17) is 0 Å². The molecule has 0 aliphatic heterocycles. The molecule has 0 bridgehead atoms. The van der Waals surface area contributed by atoms with Crippen molar-refractivity contribution in [1.29, 1.82) is 0 Å². The SMILES string of the molecule is Cc1sc2ncn3nc(-c4ccc([N+](=O)[O-])cc4)nc3c2c1C. The molecule has 0 radical (unpaired) electrons. The first-order chi connectivity index (χ1) is 11.0. The van der Waals surface area contributed by atoms with Crippen molar-refractivity contribution in [2.24, 2.45) is 0 Å². The number of non-ortho nitro benzene ring substituents is 1. The quantitative estimate of drug-likeness (QED) is 0.415. The van der Waals surface area contributed by atoms with Crippen LogP contribution in [0, 0.1) is 24.0 Å². The monoisotopic (exact) mass is 325 g/mol. The summed E-state index contributed by atoms with van der Waals surface area (Å²) >= 11 is 1.64. The zero-order chi connectivity index (χ0) is 16.1. The van der Waals surface area contributed by atoms with Crippen molar-refractivity contribution < 1.29 is 4.92 Å². The zero-order valence-electron chi connectivity index (χ0n) is 12.3. The molecule has 0 spiro atoms. The smallest absolute Gasteiger partial charge is 0.258 e. The average Bonchev–Trinajstić information content (AvgIpc) is 3.09. The molecule has 114 valence electrons. The number of aromatic nitrogens is 4. The van der Waals surface area contributed by atoms with Gasteiger partial charge in [-0.3, -0.25) is 10.1 Å². The van der Waals surface area contributed by atoms with Crippen molar-refractivity contribution in [2.45, 2.75) is 13.8 Å². The van der Waals surface area contributed by atoms with Crippen molar-refractivity contribution in [3.63, 3.8) is 0 Å². The molecule has 4 aromatic rings. The number of aryl methyl sites for hydroxylation is 2. The van der Waals surface area contributed by atoms with Gasteiger partial charge in [0.1, 0.15) is 11.2 Å². The van der Waals surface area contributed by atoms with Crippen LogP contribution in [-0.2, 0) is 0 Å². The maximum atomic E-state index is 10.7. The molecule has 0 atom stereocenters. The number of hydrogen-bond acceptors (Lipinski definition) is 6. The number of thiophene rings is 1. The Kier molecular flexibility index (Phi) is 2.88. The minimum Gasteiger partial charge on any atom is -0.258 e. The van der Waals surface area contributed by atoms with E-state index in [1.807, 2.05) is 0 Å². The van der Waals surface area contributed by atoms with Crippen LogP contribution in [0.25, 0.3) is 27.3 Å². The fourth-order valence-corrected chi connectivity index (χ4v) is 3.49. The molecule has 0 aliphatic carbocycles. The summed E-state index contributed by atoms with van der Waals surface area (Å²) in [5, 5.41) is 16.2. The van der Waals surface area contributed by atoms with Gasteiger partial charge in [-0.25, -0.2) is 14.5 Å². The largest absolute Gasteiger partial charge is 0.269 e. The fourth-order valence-electron chi connectivity index (χ4n) is 2.50. The molecule has 8 heteroatoms. The lowest BCUT2D eigenvalue weighted by molar-refractivity contribution is -0.384. The van der Waals surface area contributed by atoms with Gasteiger partial charge >= 0.3 is 0 Å². The second-order valence-corrected chi connectivity index (χ2v) is 6.42. The molecule has 0 saturated heterocycles. The summed E-state index contributed by atoms with van der Waals surface area (Å²) < 4.78 is 1.65. The number of hydrogen-bond donors (Lipinski definition) is 0. The van der Waals surface area contributed by atoms with Crippen LogP contribution in [0.4, 0.5) is 5.69 Å². The molecule has 3 aromatic heterocycles. The lowest BCUT2D eigenvalue weighted by atomic mass is 10.2. The first kappa shape index (κ1) is 13.8. The highest BCUT2D eigenvalue weighted by molar-refractivity contribution is 7.18. The third kappa shape index (κ3) is 2.07. The Morgan fingerprint density at radius 2 is 1.96 bits per heavy atom. The van der Waals surface area contributed by atoms with Gasteiger partial charge in [-0.15, -0.1) is 16.4 Å². The van der Waals surface area contributed by atoms with Crippen molar-refractivity contribution in [2.75, 3.05) is 0 Å². The number of nitro groups is 1. The van der Waals surface area contributed by atoms with Gasteiger partial charge in [0.05, 0.1) is 10.3 Å². The van der Waals surface area contributed by atoms with Gasteiger partial charge in [-0.1, -0.05) is 0 Å². The van der Waals surface area contributed by atoms with Gasteiger partial charge < -0.3 is 0 Å². The van der Waals surface area contributed by atoms with E-state index in [1.54, 1.807) is 34.3 Å². The van der Waals surface area contributed by atoms with E-state index in [0.29, 0.717) is 5.82 Å². The van der Waals surface area contributed by atoms with E-state index in [-0.39, 0.29) is 5.69 Å². The Morgan fingerprint density at radius 3 is 2.65 bits per heavy atom. The molecule has 0 unspecified atom stereocenters. The van der Waals surface area contributed by atoms with Crippen molar-refractivity contribution in [1.82, 2.24) is 19.6 Å². The summed E-state index contributed by atoms with van der Waals surface area (Å²) in [6, 6.07) is 6.22. The Morgan fingerprint density at radius 1 is 1.22 bits per heavy atom. The molecule has 23 heavy (non-hydrogen) atoms. The summed E-state index contributed by atoms with van der Waals surface area (Å²) in [6.45, 7) is 4.11. The highest BCUT2D eigenvalue weighted by Gasteiger charge is 2.15. The second-order valence-electron chi connectivity index (χ2n) is 5.22. The molecule has 0 aliphatic rings. The standard InChI is InChI=1S/C15H11N5O2S/c1-8-9(2)23-15-12(8)14-17-13(18-19(14)7-16-15)10-3-5-11(6-4-10)20(21)22/h3-7H,1-2H3. The lowest BCUT2D eigenvalue weighted by Gasteiger charge is -1.94. The zero-order valence-corrected chi connectivity index (χ0v) is 13.2. The minimum atomic E-state index is -0.425. The molecule has 0 fully saturated rings. The summed E-state index contributed by atoms with van der Waals surface area (Å²) in [4.78, 5) is 21.5. The van der Waals surface area contributed by atoms with Crippen LogP contribution >= 0.6 is 11.3 Å². The number of nitro benzene ring substituents is 1. The third-order valence-corrected chi connectivity index (χ3v) is 4.96. The van der Waals surface area contributed by atoms with Gasteiger partial charge in [0, 0.05) is 22.6 Å². The van der Waals surface area contributed by atoms with Crippen LogP contribution in [0.2, 0.25) is 0 Å². The molecule has 0 N–H and O–H groups in total. The number of fused-ring (bicyclic) bond motifs is 3. The van der Waals surface area contributed by atoms with Gasteiger partial charge in [0.15, 0.2) is 11.5 Å².